The molecule has 2 aliphatic rings. The zero-order valence-corrected chi connectivity index (χ0v) is 11.8. The van der Waals surface area contributed by atoms with Gasteiger partial charge < -0.3 is 14.8 Å². The largest absolute Gasteiger partial charge is 0.454 e. The lowest BCUT2D eigenvalue weighted by Crippen LogP contribution is -2.34. The van der Waals surface area contributed by atoms with Crippen LogP contribution >= 0.6 is 11.6 Å². The smallest absolute Gasteiger partial charge is 0.231 e. The van der Waals surface area contributed by atoms with Gasteiger partial charge in [-0.1, -0.05) is 11.6 Å². The van der Waals surface area contributed by atoms with Gasteiger partial charge in [0.25, 0.3) is 0 Å². The molecule has 2 aliphatic heterocycles. The summed E-state index contributed by atoms with van der Waals surface area (Å²) in [6.07, 6.45) is 1.51. The summed E-state index contributed by atoms with van der Waals surface area (Å²) in [6, 6.07) is 3.34. The molecular formula is C12H14ClNO4S. The summed E-state index contributed by atoms with van der Waals surface area (Å²) in [5.74, 6) is 1.68. The molecule has 5 nitrogen and oxygen atoms in total. The summed E-state index contributed by atoms with van der Waals surface area (Å²) in [5, 5.41) is 3.69. The molecule has 0 spiro atoms. The van der Waals surface area contributed by atoms with Crippen LogP contribution in [0.15, 0.2) is 12.1 Å². The lowest BCUT2D eigenvalue weighted by molar-refractivity contribution is 0.174. The number of nitrogens with one attached hydrogen (secondary N) is 1. The molecule has 2 heterocycles. The Hall–Kier alpha value is -1.14. The molecule has 0 saturated carbocycles. The first-order chi connectivity index (χ1) is 9.03. The molecule has 0 radical (unpaired) electrons. The lowest BCUT2D eigenvalue weighted by atomic mass is 10.1. The van der Waals surface area contributed by atoms with Gasteiger partial charge in [0.15, 0.2) is 21.3 Å². The number of sulfone groups is 1. The summed E-state index contributed by atoms with van der Waals surface area (Å²) in [7, 11) is -2.94. The van der Waals surface area contributed by atoms with Crippen molar-refractivity contribution in [1.29, 1.82) is 0 Å². The van der Waals surface area contributed by atoms with E-state index < -0.39 is 9.84 Å². The lowest BCUT2D eigenvalue weighted by Gasteiger charge is -2.24. The third-order valence-electron chi connectivity index (χ3n) is 3.28. The standard InChI is InChI=1S/C12H14ClNO4S/c13-9-4-11-12(18-7-17-11)5-10(9)14-8-2-1-3-19(15,16)6-8/h4-5,8,14H,1-3,6-7H2. The number of anilines is 1. The second-order valence-corrected chi connectivity index (χ2v) is 7.42. The fourth-order valence-corrected chi connectivity index (χ4v) is 4.23. The quantitative estimate of drug-likeness (QED) is 0.906. The molecule has 0 bridgehead atoms. The van der Waals surface area contributed by atoms with Crippen LogP contribution < -0.4 is 14.8 Å². The minimum absolute atomic E-state index is 0.100. The average molecular weight is 304 g/mol. The Morgan fingerprint density at radius 3 is 2.74 bits per heavy atom. The summed E-state index contributed by atoms with van der Waals surface area (Å²) in [5.41, 5.74) is 0.688. The molecule has 1 aromatic rings. The Morgan fingerprint density at radius 2 is 2.00 bits per heavy atom. The summed E-state index contributed by atoms with van der Waals surface area (Å²) in [6.45, 7) is 0.187. The van der Waals surface area contributed by atoms with E-state index >= 15 is 0 Å². The van der Waals surface area contributed by atoms with Crippen LogP contribution in [-0.2, 0) is 9.84 Å². The molecule has 1 aromatic carbocycles. The fraction of sp³-hybridized carbons (Fsp3) is 0.500. The third kappa shape index (κ3) is 2.74. The molecule has 3 rings (SSSR count). The molecule has 1 atom stereocenters. The number of rotatable bonds is 2. The average Bonchev–Trinajstić information content (AvgIpc) is 2.75. The minimum atomic E-state index is -2.94. The highest BCUT2D eigenvalue weighted by Gasteiger charge is 2.26. The number of benzene rings is 1. The first-order valence-electron chi connectivity index (χ1n) is 6.10. The van der Waals surface area contributed by atoms with Gasteiger partial charge in [-0.15, -0.1) is 0 Å². The van der Waals surface area contributed by atoms with E-state index in [1.165, 1.54) is 0 Å². The van der Waals surface area contributed by atoms with Crippen molar-refractivity contribution < 1.29 is 17.9 Å². The molecular weight excluding hydrogens is 290 g/mol. The van der Waals surface area contributed by atoms with Crippen LogP contribution in [0.25, 0.3) is 0 Å². The maximum absolute atomic E-state index is 11.6. The molecule has 0 amide bonds. The van der Waals surface area contributed by atoms with E-state index in [0.717, 1.165) is 6.42 Å². The van der Waals surface area contributed by atoms with E-state index in [1.807, 2.05) is 0 Å². The van der Waals surface area contributed by atoms with Gasteiger partial charge in [0.2, 0.25) is 6.79 Å². The highest BCUT2D eigenvalue weighted by Crippen LogP contribution is 2.39. The molecule has 19 heavy (non-hydrogen) atoms. The van der Waals surface area contributed by atoms with Gasteiger partial charge in [-0.25, -0.2) is 8.42 Å². The number of ether oxygens (including phenoxy) is 2. The van der Waals surface area contributed by atoms with Crippen molar-refractivity contribution in [2.45, 2.75) is 18.9 Å². The summed E-state index contributed by atoms with van der Waals surface area (Å²) in [4.78, 5) is 0. The van der Waals surface area contributed by atoms with Gasteiger partial charge in [0.05, 0.1) is 22.2 Å². The van der Waals surface area contributed by atoms with Crippen molar-refractivity contribution in [2.75, 3.05) is 23.6 Å². The van der Waals surface area contributed by atoms with Crippen LogP contribution in [0.1, 0.15) is 12.8 Å². The van der Waals surface area contributed by atoms with Gasteiger partial charge in [0, 0.05) is 18.2 Å². The van der Waals surface area contributed by atoms with Gasteiger partial charge in [-0.05, 0) is 12.8 Å². The zero-order valence-electron chi connectivity index (χ0n) is 10.2. The highest BCUT2D eigenvalue weighted by molar-refractivity contribution is 7.91. The third-order valence-corrected chi connectivity index (χ3v) is 5.42. The SMILES string of the molecule is O=S1(=O)CCCC(Nc2cc3c(cc2Cl)OCO3)C1. The van der Waals surface area contributed by atoms with Crippen molar-refractivity contribution in [3.05, 3.63) is 17.2 Å². The number of halogens is 1. The zero-order chi connectivity index (χ0) is 13.5. The topological polar surface area (TPSA) is 64.6 Å². The maximum Gasteiger partial charge on any atom is 0.231 e. The summed E-state index contributed by atoms with van der Waals surface area (Å²) < 4.78 is 33.7. The van der Waals surface area contributed by atoms with Crippen LogP contribution in [0.4, 0.5) is 5.69 Å². The second-order valence-electron chi connectivity index (χ2n) is 4.78. The van der Waals surface area contributed by atoms with Crippen molar-refractivity contribution in [1.82, 2.24) is 0 Å². The van der Waals surface area contributed by atoms with E-state index in [9.17, 15) is 8.42 Å². The van der Waals surface area contributed by atoms with Crippen molar-refractivity contribution in [2.24, 2.45) is 0 Å². The molecule has 1 N–H and O–H groups in total. The first kappa shape index (κ1) is 12.9. The van der Waals surface area contributed by atoms with Crippen LogP contribution in [-0.4, -0.2) is 32.8 Å². The number of hydrogen-bond acceptors (Lipinski definition) is 5. The number of fused-ring (bicyclic) bond motifs is 1. The van der Waals surface area contributed by atoms with Gasteiger partial charge >= 0.3 is 0 Å². The minimum Gasteiger partial charge on any atom is -0.454 e. The Balaban J connectivity index is 1.80. The Kier molecular flexibility index (Phi) is 3.22. The van der Waals surface area contributed by atoms with E-state index in [0.29, 0.717) is 28.6 Å². The Bertz CT molecular complexity index is 602. The second kappa shape index (κ2) is 4.76. The fourth-order valence-electron chi connectivity index (χ4n) is 2.38. The number of hydrogen-bond donors (Lipinski definition) is 1. The van der Waals surface area contributed by atoms with Crippen LogP contribution in [0.3, 0.4) is 0 Å². The van der Waals surface area contributed by atoms with Gasteiger partial charge in [-0.3, -0.25) is 0 Å². The van der Waals surface area contributed by atoms with Crippen molar-refractivity contribution >= 4 is 27.1 Å². The Labute approximate surface area is 116 Å². The molecule has 1 saturated heterocycles. The van der Waals surface area contributed by atoms with Crippen LogP contribution in [0, 0.1) is 0 Å². The monoisotopic (exact) mass is 303 g/mol. The highest BCUT2D eigenvalue weighted by atomic mass is 35.5. The van der Waals surface area contributed by atoms with E-state index in [2.05, 4.69) is 5.32 Å². The molecule has 7 heteroatoms. The summed E-state index contributed by atoms with van der Waals surface area (Å²) >= 11 is 6.15. The molecule has 0 aliphatic carbocycles. The van der Waals surface area contributed by atoms with Crippen molar-refractivity contribution in [3.8, 4) is 11.5 Å². The van der Waals surface area contributed by atoms with Crippen LogP contribution in [0.2, 0.25) is 5.02 Å². The van der Waals surface area contributed by atoms with E-state index in [4.69, 9.17) is 21.1 Å². The Morgan fingerprint density at radius 1 is 1.26 bits per heavy atom. The molecule has 104 valence electrons. The van der Waals surface area contributed by atoms with E-state index in [-0.39, 0.29) is 24.3 Å². The molecule has 1 unspecified atom stereocenters. The van der Waals surface area contributed by atoms with Crippen molar-refractivity contribution in [3.63, 3.8) is 0 Å². The predicted molar refractivity (Wildman–Crippen MR) is 72.9 cm³/mol. The normalized spacial score (nSPS) is 24.2. The first-order valence-corrected chi connectivity index (χ1v) is 8.29. The predicted octanol–water partition coefficient (Wildman–Crippen LogP) is 2.06. The molecule has 1 fully saturated rings. The van der Waals surface area contributed by atoms with Crippen LogP contribution in [0.5, 0.6) is 11.5 Å². The molecule has 0 aromatic heterocycles. The maximum atomic E-state index is 11.6. The van der Waals surface area contributed by atoms with Gasteiger partial charge in [-0.2, -0.15) is 0 Å². The van der Waals surface area contributed by atoms with Gasteiger partial charge in [0.1, 0.15) is 0 Å². The van der Waals surface area contributed by atoms with E-state index in [1.54, 1.807) is 12.1 Å².